The van der Waals surface area contributed by atoms with E-state index in [1.807, 2.05) is 6.07 Å². The van der Waals surface area contributed by atoms with E-state index in [1.54, 1.807) is 12.5 Å². The second-order valence-corrected chi connectivity index (χ2v) is 5.16. The Morgan fingerprint density at radius 1 is 1.53 bits per heavy atom. The van der Waals surface area contributed by atoms with E-state index in [4.69, 9.17) is 4.42 Å². The zero-order valence-electron chi connectivity index (χ0n) is 8.78. The summed E-state index contributed by atoms with van der Waals surface area (Å²) in [7, 11) is 0. The molecule has 2 bridgehead atoms. The molecule has 15 heavy (non-hydrogen) atoms. The van der Waals surface area contributed by atoms with E-state index >= 15 is 0 Å². The van der Waals surface area contributed by atoms with Crippen LogP contribution in [-0.2, 0) is 6.42 Å². The summed E-state index contributed by atoms with van der Waals surface area (Å²) in [5, 5.41) is 9.46. The summed E-state index contributed by atoms with van der Waals surface area (Å²) in [6.45, 7) is 0. The molecule has 2 heteroatoms. The van der Waals surface area contributed by atoms with E-state index in [-0.39, 0.29) is 5.41 Å². The molecule has 0 aliphatic heterocycles. The molecular formula is C13H15NO. The SMILES string of the molecule is N#CC1(Cc2ccoc2)CC2CCC1C2. The lowest BCUT2D eigenvalue weighted by atomic mass is 9.71. The number of hydrogen-bond donors (Lipinski definition) is 0. The van der Waals surface area contributed by atoms with Crippen LogP contribution < -0.4 is 0 Å². The highest BCUT2D eigenvalue weighted by Gasteiger charge is 2.51. The number of nitrogens with zero attached hydrogens (tertiary/aromatic N) is 1. The topological polar surface area (TPSA) is 36.9 Å². The van der Waals surface area contributed by atoms with Crippen molar-refractivity contribution < 1.29 is 4.42 Å². The van der Waals surface area contributed by atoms with Gasteiger partial charge in [0.2, 0.25) is 0 Å². The first-order valence-corrected chi connectivity index (χ1v) is 5.75. The molecule has 0 N–H and O–H groups in total. The van der Waals surface area contributed by atoms with Crippen LogP contribution in [0.25, 0.3) is 0 Å². The van der Waals surface area contributed by atoms with Crippen LogP contribution >= 0.6 is 0 Å². The number of rotatable bonds is 2. The predicted octanol–water partition coefficient (Wildman–Crippen LogP) is 3.15. The second kappa shape index (κ2) is 3.13. The summed E-state index contributed by atoms with van der Waals surface area (Å²) in [6.07, 6.45) is 9.38. The molecule has 0 aromatic carbocycles. The molecule has 78 valence electrons. The number of hydrogen-bond acceptors (Lipinski definition) is 2. The Labute approximate surface area is 89.9 Å². The van der Waals surface area contributed by atoms with E-state index in [2.05, 4.69) is 6.07 Å². The minimum atomic E-state index is -0.0766. The molecule has 0 saturated heterocycles. The fourth-order valence-corrected chi connectivity index (χ4v) is 3.59. The molecule has 1 heterocycles. The maximum absolute atomic E-state index is 9.46. The van der Waals surface area contributed by atoms with Gasteiger partial charge in [0.25, 0.3) is 0 Å². The Morgan fingerprint density at radius 3 is 3.00 bits per heavy atom. The highest BCUT2D eigenvalue weighted by molar-refractivity contribution is 5.19. The molecule has 2 saturated carbocycles. The monoisotopic (exact) mass is 201 g/mol. The van der Waals surface area contributed by atoms with E-state index in [0.717, 1.165) is 18.8 Å². The van der Waals surface area contributed by atoms with Gasteiger partial charge in [-0.1, -0.05) is 6.42 Å². The van der Waals surface area contributed by atoms with Crippen molar-refractivity contribution in [2.45, 2.75) is 32.1 Å². The third-order valence-corrected chi connectivity index (χ3v) is 4.30. The third-order valence-electron chi connectivity index (χ3n) is 4.30. The van der Waals surface area contributed by atoms with Crippen molar-refractivity contribution >= 4 is 0 Å². The lowest BCUT2D eigenvalue weighted by molar-refractivity contribution is 0.239. The van der Waals surface area contributed by atoms with Crippen LogP contribution in [0.1, 0.15) is 31.2 Å². The molecule has 1 aromatic rings. The van der Waals surface area contributed by atoms with Gasteiger partial charge in [-0.25, -0.2) is 0 Å². The Bertz CT molecular complexity index is 389. The Balaban J connectivity index is 1.86. The molecule has 2 fully saturated rings. The molecule has 0 spiro atoms. The summed E-state index contributed by atoms with van der Waals surface area (Å²) < 4.78 is 5.08. The lowest BCUT2D eigenvalue weighted by Gasteiger charge is -2.30. The van der Waals surface area contributed by atoms with Gasteiger partial charge in [-0.3, -0.25) is 0 Å². The normalized spacial score (nSPS) is 38.1. The average molecular weight is 201 g/mol. The highest BCUT2D eigenvalue weighted by Crippen LogP contribution is 2.56. The van der Waals surface area contributed by atoms with Gasteiger partial charge < -0.3 is 4.42 Å². The Hall–Kier alpha value is -1.23. The maximum atomic E-state index is 9.46. The quantitative estimate of drug-likeness (QED) is 0.737. The van der Waals surface area contributed by atoms with E-state index in [1.165, 1.54) is 24.8 Å². The average Bonchev–Trinajstić information content (AvgIpc) is 2.93. The minimum absolute atomic E-state index is 0.0766. The van der Waals surface area contributed by atoms with Crippen LogP contribution in [0.4, 0.5) is 0 Å². The number of nitriles is 1. The fraction of sp³-hybridized carbons (Fsp3) is 0.615. The zero-order chi connectivity index (χ0) is 10.3. The number of furan rings is 1. The van der Waals surface area contributed by atoms with Crippen LogP contribution in [0.2, 0.25) is 0 Å². The van der Waals surface area contributed by atoms with Crippen molar-refractivity contribution in [1.82, 2.24) is 0 Å². The summed E-state index contributed by atoms with van der Waals surface area (Å²) >= 11 is 0. The summed E-state index contributed by atoms with van der Waals surface area (Å²) in [6, 6.07) is 4.60. The second-order valence-electron chi connectivity index (χ2n) is 5.16. The van der Waals surface area contributed by atoms with Gasteiger partial charge in [-0.2, -0.15) is 5.26 Å². The molecule has 0 radical (unpaired) electrons. The Morgan fingerprint density at radius 2 is 2.47 bits per heavy atom. The van der Waals surface area contributed by atoms with E-state index in [0.29, 0.717) is 5.92 Å². The van der Waals surface area contributed by atoms with Gasteiger partial charge in [-0.05, 0) is 49.1 Å². The van der Waals surface area contributed by atoms with Crippen molar-refractivity contribution in [3.8, 4) is 6.07 Å². The Kier molecular flexibility index (Phi) is 1.88. The number of fused-ring (bicyclic) bond motifs is 2. The first-order valence-electron chi connectivity index (χ1n) is 5.75. The molecule has 3 unspecified atom stereocenters. The molecule has 3 rings (SSSR count). The largest absolute Gasteiger partial charge is 0.472 e. The molecular weight excluding hydrogens is 186 g/mol. The van der Waals surface area contributed by atoms with E-state index < -0.39 is 0 Å². The van der Waals surface area contributed by atoms with Crippen LogP contribution in [0.3, 0.4) is 0 Å². The first kappa shape index (κ1) is 9.03. The zero-order valence-corrected chi connectivity index (χ0v) is 8.78. The molecule has 3 atom stereocenters. The van der Waals surface area contributed by atoms with Gasteiger partial charge >= 0.3 is 0 Å². The van der Waals surface area contributed by atoms with Crippen molar-refractivity contribution in [3.63, 3.8) is 0 Å². The summed E-state index contributed by atoms with van der Waals surface area (Å²) in [5.41, 5.74) is 1.11. The van der Waals surface area contributed by atoms with Crippen LogP contribution in [0.5, 0.6) is 0 Å². The van der Waals surface area contributed by atoms with Crippen LogP contribution in [0.15, 0.2) is 23.0 Å². The minimum Gasteiger partial charge on any atom is -0.472 e. The van der Waals surface area contributed by atoms with Crippen molar-refractivity contribution in [3.05, 3.63) is 24.2 Å². The van der Waals surface area contributed by atoms with Gasteiger partial charge in [0.1, 0.15) is 0 Å². The fourth-order valence-electron chi connectivity index (χ4n) is 3.59. The van der Waals surface area contributed by atoms with Crippen molar-refractivity contribution in [2.24, 2.45) is 17.3 Å². The maximum Gasteiger partial charge on any atom is 0.0935 e. The van der Waals surface area contributed by atoms with Crippen molar-refractivity contribution in [2.75, 3.05) is 0 Å². The molecule has 0 amide bonds. The van der Waals surface area contributed by atoms with Gasteiger partial charge in [-0.15, -0.1) is 0 Å². The van der Waals surface area contributed by atoms with Crippen molar-refractivity contribution in [1.29, 1.82) is 5.26 Å². The van der Waals surface area contributed by atoms with Crippen LogP contribution in [-0.4, -0.2) is 0 Å². The smallest absolute Gasteiger partial charge is 0.0935 e. The molecule has 1 aromatic heterocycles. The predicted molar refractivity (Wildman–Crippen MR) is 55.9 cm³/mol. The van der Waals surface area contributed by atoms with Crippen LogP contribution in [0, 0.1) is 28.6 Å². The molecule has 2 aliphatic rings. The van der Waals surface area contributed by atoms with E-state index in [9.17, 15) is 5.26 Å². The van der Waals surface area contributed by atoms with Gasteiger partial charge in [0.05, 0.1) is 24.0 Å². The molecule has 2 aliphatic carbocycles. The molecule has 2 nitrogen and oxygen atoms in total. The standard InChI is InChI=1S/C13H15NO/c14-9-13(7-11-3-4-15-8-11)6-10-1-2-12(13)5-10/h3-4,8,10,12H,1-2,5-7H2. The summed E-state index contributed by atoms with van der Waals surface area (Å²) in [5.74, 6) is 1.46. The first-order chi connectivity index (χ1) is 7.32. The third kappa shape index (κ3) is 1.30. The highest BCUT2D eigenvalue weighted by atomic mass is 16.3. The van der Waals surface area contributed by atoms with Gasteiger partial charge in [0, 0.05) is 0 Å². The summed E-state index contributed by atoms with van der Waals surface area (Å²) in [4.78, 5) is 0. The lowest BCUT2D eigenvalue weighted by Crippen LogP contribution is -2.28. The van der Waals surface area contributed by atoms with Gasteiger partial charge in [0.15, 0.2) is 0 Å².